The average Bonchev–Trinajstić information content (AvgIpc) is 3.26. The average molecular weight is 472 g/mol. The molecule has 1 saturated heterocycles. The van der Waals surface area contributed by atoms with Crippen LogP contribution in [0.1, 0.15) is 52.4 Å². The van der Waals surface area contributed by atoms with Crippen molar-refractivity contribution in [2.45, 2.75) is 76.5 Å². The molecule has 0 aliphatic carbocycles. The normalized spacial score (nSPS) is 18.1. The van der Waals surface area contributed by atoms with Crippen molar-refractivity contribution < 1.29 is 39.0 Å². The molecule has 0 aromatic heterocycles. The SMILES string of the molecule is CC(C)C(NC(=O)C1CCCN1)C(=O)NC(CCC(N)=O)C(=O)NC(CCC(=O)O)C(=O)O. The number of hydrogen-bond donors (Lipinski definition) is 7. The molecule has 0 radical (unpaired) electrons. The Kier molecular flexibility index (Phi) is 11.3. The summed E-state index contributed by atoms with van der Waals surface area (Å²) in [6.07, 6.45) is 0.128. The van der Waals surface area contributed by atoms with Gasteiger partial charge in [0, 0.05) is 12.8 Å². The fourth-order valence-corrected chi connectivity index (χ4v) is 3.31. The number of hydrogen-bond acceptors (Lipinski definition) is 7. The van der Waals surface area contributed by atoms with E-state index in [9.17, 15) is 33.9 Å². The maximum atomic E-state index is 12.9. The monoisotopic (exact) mass is 471 g/mol. The van der Waals surface area contributed by atoms with Crippen molar-refractivity contribution in [2.24, 2.45) is 11.7 Å². The van der Waals surface area contributed by atoms with Crippen LogP contribution < -0.4 is 27.0 Å². The first-order chi connectivity index (χ1) is 15.4. The molecule has 33 heavy (non-hydrogen) atoms. The third-order valence-corrected chi connectivity index (χ3v) is 5.20. The van der Waals surface area contributed by atoms with E-state index in [-0.39, 0.29) is 31.1 Å². The van der Waals surface area contributed by atoms with Crippen molar-refractivity contribution in [1.29, 1.82) is 0 Å². The van der Waals surface area contributed by atoms with Crippen molar-refractivity contribution in [3.05, 3.63) is 0 Å². The number of carbonyl (C=O) groups is 6. The van der Waals surface area contributed by atoms with Crippen molar-refractivity contribution >= 4 is 35.6 Å². The molecule has 1 aliphatic heterocycles. The van der Waals surface area contributed by atoms with E-state index in [0.717, 1.165) is 6.42 Å². The lowest BCUT2D eigenvalue weighted by Gasteiger charge is -2.27. The maximum absolute atomic E-state index is 12.9. The molecular weight excluding hydrogens is 438 g/mol. The van der Waals surface area contributed by atoms with Crippen molar-refractivity contribution in [3.8, 4) is 0 Å². The third kappa shape index (κ3) is 9.85. The summed E-state index contributed by atoms with van der Waals surface area (Å²) in [6, 6.07) is -4.22. The van der Waals surface area contributed by atoms with Crippen LogP contribution in [-0.4, -0.2) is 76.5 Å². The Morgan fingerprint density at radius 3 is 2.03 bits per heavy atom. The van der Waals surface area contributed by atoms with E-state index in [1.165, 1.54) is 0 Å². The van der Waals surface area contributed by atoms with Crippen LogP contribution in [0.25, 0.3) is 0 Å². The number of carbonyl (C=O) groups excluding carboxylic acids is 4. The van der Waals surface area contributed by atoms with Crippen LogP contribution in [0.4, 0.5) is 0 Å². The first kappa shape index (κ1) is 27.8. The molecule has 0 spiro atoms. The van der Waals surface area contributed by atoms with Gasteiger partial charge < -0.3 is 37.2 Å². The minimum Gasteiger partial charge on any atom is -0.481 e. The number of carboxylic acids is 2. The Hall–Kier alpha value is -3.22. The van der Waals surface area contributed by atoms with Gasteiger partial charge in [0.05, 0.1) is 6.04 Å². The fourth-order valence-electron chi connectivity index (χ4n) is 3.31. The van der Waals surface area contributed by atoms with Gasteiger partial charge in [-0.15, -0.1) is 0 Å². The predicted molar refractivity (Wildman–Crippen MR) is 115 cm³/mol. The first-order valence-electron chi connectivity index (χ1n) is 10.8. The lowest BCUT2D eigenvalue weighted by atomic mass is 10.0. The fraction of sp³-hybridized carbons (Fsp3) is 0.700. The van der Waals surface area contributed by atoms with E-state index in [4.69, 9.17) is 10.8 Å². The molecule has 0 aromatic carbocycles. The topological polar surface area (TPSA) is 217 Å². The van der Waals surface area contributed by atoms with E-state index in [0.29, 0.717) is 13.0 Å². The van der Waals surface area contributed by atoms with E-state index in [1.807, 2.05) is 0 Å². The number of rotatable bonds is 14. The maximum Gasteiger partial charge on any atom is 0.326 e. The summed E-state index contributed by atoms with van der Waals surface area (Å²) in [7, 11) is 0. The Bertz CT molecular complexity index is 751. The van der Waals surface area contributed by atoms with Crippen LogP contribution in [0.15, 0.2) is 0 Å². The summed E-state index contributed by atoms with van der Waals surface area (Å²) in [5, 5.41) is 28.4. The molecule has 13 nitrogen and oxygen atoms in total. The molecule has 1 rings (SSSR count). The highest BCUT2D eigenvalue weighted by Gasteiger charge is 2.33. The Morgan fingerprint density at radius 1 is 0.939 bits per heavy atom. The quantitative estimate of drug-likeness (QED) is 0.150. The Balaban J connectivity index is 2.91. The van der Waals surface area contributed by atoms with Gasteiger partial charge in [-0.25, -0.2) is 4.79 Å². The van der Waals surface area contributed by atoms with Crippen molar-refractivity contribution in [2.75, 3.05) is 6.54 Å². The Labute approximate surface area is 191 Å². The second kappa shape index (κ2) is 13.4. The molecule has 1 heterocycles. The lowest BCUT2D eigenvalue weighted by Crippen LogP contribution is -2.58. The van der Waals surface area contributed by atoms with Crippen LogP contribution >= 0.6 is 0 Å². The summed E-state index contributed by atoms with van der Waals surface area (Å²) in [6.45, 7) is 4.10. The molecule has 0 aromatic rings. The smallest absolute Gasteiger partial charge is 0.326 e. The van der Waals surface area contributed by atoms with Gasteiger partial charge in [-0.3, -0.25) is 24.0 Å². The minimum absolute atomic E-state index is 0.207. The predicted octanol–water partition coefficient (Wildman–Crippen LogP) is -1.94. The number of nitrogens with two attached hydrogens (primary N) is 1. The minimum atomic E-state index is -1.50. The number of nitrogens with one attached hydrogen (secondary N) is 4. The Morgan fingerprint density at radius 2 is 1.55 bits per heavy atom. The molecule has 186 valence electrons. The summed E-state index contributed by atoms with van der Waals surface area (Å²) in [4.78, 5) is 71.3. The van der Waals surface area contributed by atoms with Gasteiger partial charge in [0.1, 0.15) is 18.1 Å². The molecule has 4 atom stereocenters. The highest BCUT2D eigenvalue weighted by atomic mass is 16.4. The van der Waals surface area contributed by atoms with Crippen LogP contribution in [0.5, 0.6) is 0 Å². The van der Waals surface area contributed by atoms with Crippen LogP contribution in [0.2, 0.25) is 0 Å². The molecule has 4 unspecified atom stereocenters. The molecule has 4 amide bonds. The van der Waals surface area contributed by atoms with Gasteiger partial charge >= 0.3 is 11.9 Å². The standard InChI is InChI=1S/C20H33N5O8/c1-10(2)16(25-17(29)11-4-3-9-22-11)19(31)23-12(5-7-14(21)26)18(30)24-13(20(32)33)6-8-15(27)28/h10-13,16,22H,3-9H2,1-2H3,(H2,21,26)(H,23,31)(H,24,30)(H,25,29)(H,27,28)(H,32,33). The van der Waals surface area contributed by atoms with Gasteiger partial charge in [-0.1, -0.05) is 13.8 Å². The second-order valence-electron chi connectivity index (χ2n) is 8.28. The molecule has 1 fully saturated rings. The van der Waals surface area contributed by atoms with Crippen LogP contribution in [0, 0.1) is 5.92 Å². The third-order valence-electron chi connectivity index (χ3n) is 5.20. The van der Waals surface area contributed by atoms with Gasteiger partial charge in [0.15, 0.2) is 0 Å². The van der Waals surface area contributed by atoms with Gasteiger partial charge in [-0.05, 0) is 38.1 Å². The van der Waals surface area contributed by atoms with Gasteiger partial charge in [-0.2, -0.15) is 0 Å². The summed E-state index contributed by atoms with van der Waals surface area (Å²) >= 11 is 0. The lowest BCUT2D eigenvalue weighted by molar-refractivity contribution is -0.143. The zero-order valence-electron chi connectivity index (χ0n) is 18.8. The molecular formula is C20H33N5O8. The van der Waals surface area contributed by atoms with E-state index in [2.05, 4.69) is 21.3 Å². The van der Waals surface area contributed by atoms with E-state index in [1.54, 1.807) is 13.8 Å². The summed E-state index contributed by atoms with van der Waals surface area (Å²) in [5.41, 5.74) is 5.14. The van der Waals surface area contributed by atoms with Gasteiger partial charge in [0.2, 0.25) is 23.6 Å². The number of primary amides is 1. The van der Waals surface area contributed by atoms with E-state index >= 15 is 0 Å². The van der Waals surface area contributed by atoms with Crippen LogP contribution in [0.3, 0.4) is 0 Å². The molecule has 13 heteroatoms. The zero-order valence-corrected chi connectivity index (χ0v) is 18.8. The molecule has 1 aliphatic rings. The van der Waals surface area contributed by atoms with Crippen LogP contribution in [-0.2, 0) is 28.8 Å². The number of aliphatic carboxylic acids is 2. The van der Waals surface area contributed by atoms with E-state index < -0.39 is 60.2 Å². The second-order valence-corrected chi connectivity index (χ2v) is 8.28. The zero-order chi connectivity index (χ0) is 25.1. The summed E-state index contributed by atoms with van der Waals surface area (Å²) in [5.74, 6) is -5.69. The molecule has 0 saturated carbocycles. The number of amides is 4. The highest BCUT2D eigenvalue weighted by Crippen LogP contribution is 2.09. The van der Waals surface area contributed by atoms with Crippen molar-refractivity contribution in [1.82, 2.24) is 21.3 Å². The first-order valence-corrected chi connectivity index (χ1v) is 10.8. The largest absolute Gasteiger partial charge is 0.481 e. The molecule has 0 bridgehead atoms. The van der Waals surface area contributed by atoms with Crippen molar-refractivity contribution in [3.63, 3.8) is 0 Å². The number of carboxylic acid groups (broad SMARTS) is 2. The summed E-state index contributed by atoms with van der Waals surface area (Å²) < 4.78 is 0. The highest BCUT2D eigenvalue weighted by molar-refractivity contribution is 5.94. The molecule has 8 N–H and O–H groups in total. The van der Waals surface area contributed by atoms with Gasteiger partial charge in [0.25, 0.3) is 0 Å².